The predicted octanol–water partition coefficient (Wildman–Crippen LogP) is -0.839. The van der Waals surface area contributed by atoms with Crippen LogP contribution in [0.2, 0.25) is 0 Å². The summed E-state index contributed by atoms with van der Waals surface area (Å²) in [6.07, 6.45) is 2.51. The SMILES string of the molecule is COC(=O)C(C)NC(=O)C(Cc1cnc[nH]1)NC(O)CCCC(=O)O. The van der Waals surface area contributed by atoms with Gasteiger partial charge in [0.25, 0.3) is 0 Å². The molecule has 0 aliphatic rings. The highest BCUT2D eigenvalue weighted by atomic mass is 16.5. The number of nitrogens with one attached hydrogen (secondary N) is 3. The third kappa shape index (κ3) is 7.77. The van der Waals surface area contributed by atoms with Crippen molar-refractivity contribution in [2.45, 2.75) is 50.9 Å². The van der Waals surface area contributed by atoms with Crippen LogP contribution in [0.25, 0.3) is 0 Å². The number of esters is 1. The largest absolute Gasteiger partial charge is 0.481 e. The Morgan fingerprint density at radius 1 is 1.40 bits per heavy atom. The number of carbonyl (C=O) groups is 3. The number of hydrogen-bond donors (Lipinski definition) is 5. The fourth-order valence-electron chi connectivity index (χ4n) is 2.16. The summed E-state index contributed by atoms with van der Waals surface area (Å²) in [5.41, 5.74) is 0.663. The molecule has 1 aromatic heterocycles. The van der Waals surface area contributed by atoms with Gasteiger partial charge in [-0.25, -0.2) is 9.78 Å². The van der Waals surface area contributed by atoms with Crippen LogP contribution in [0.5, 0.6) is 0 Å². The molecule has 0 radical (unpaired) electrons. The van der Waals surface area contributed by atoms with Gasteiger partial charge in [0.15, 0.2) is 0 Å². The number of aliphatic carboxylic acids is 1. The first-order valence-electron chi connectivity index (χ1n) is 7.84. The predicted molar refractivity (Wildman–Crippen MR) is 86.3 cm³/mol. The number of hydrogen-bond acceptors (Lipinski definition) is 7. The van der Waals surface area contributed by atoms with E-state index < -0.39 is 36.2 Å². The molecule has 0 saturated heterocycles. The Labute approximate surface area is 145 Å². The smallest absolute Gasteiger partial charge is 0.328 e. The summed E-state index contributed by atoms with van der Waals surface area (Å²) in [6.45, 7) is 1.49. The zero-order valence-corrected chi connectivity index (χ0v) is 14.2. The third-order valence-electron chi connectivity index (χ3n) is 3.47. The molecular weight excluding hydrogens is 332 g/mol. The molecule has 0 spiro atoms. The highest BCUT2D eigenvalue weighted by Crippen LogP contribution is 2.04. The van der Waals surface area contributed by atoms with Crippen molar-refractivity contribution in [2.75, 3.05) is 7.11 Å². The second-order valence-corrected chi connectivity index (χ2v) is 5.56. The van der Waals surface area contributed by atoms with Gasteiger partial charge in [0.1, 0.15) is 12.3 Å². The van der Waals surface area contributed by atoms with E-state index in [2.05, 4.69) is 25.3 Å². The van der Waals surface area contributed by atoms with E-state index in [0.717, 1.165) is 0 Å². The molecule has 1 aromatic rings. The molecule has 1 heterocycles. The van der Waals surface area contributed by atoms with E-state index in [0.29, 0.717) is 5.69 Å². The van der Waals surface area contributed by atoms with E-state index in [-0.39, 0.29) is 25.7 Å². The summed E-state index contributed by atoms with van der Waals surface area (Å²) < 4.78 is 4.56. The van der Waals surface area contributed by atoms with Crippen molar-refractivity contribution in [2.24, 2.45) is 0 Å². The van der Waals surface area contributed by atoms with Gasteiger partial charge in [-0.05, 0) is 19.8 Å². The van der Waals surface area contributed by atoms with Crippen molar-refractivity contribution in [1.82, 2.24) is 20.6 Å². The maximum absolute atomic E-state index is 12.4. The van der Waals surface area contributed by atoms with Crippen molar-refractivity contribution in [3.8, 4) is 0 Å². The molecule has 0 aliphatic heterocycles. The molecule has 3 unspecified atom stereocenters. The summed E-state index contributed by atoms with van der Waals surface area (Å²) >= 11 is 0. The van der Waals surface area contributed by atoms with Gasteiger partial charge in [-0.15, -0.1) is 0 Å². The zero-order valence-electron chi connectivity index (χ0n) is 14.2. The molecule has 0 aromatic carbocycles. The van der Waals surface area contributed by atoms with Crippen molar-refractivity contribution in [3.63, 3.8) is 0 Å². The molecule has 1 amide bonds. The van der Waals surface area contributed by atoms with E-state index in [9.17, 15) is 19.5 Å². The lowest BCUT2D eigenvalue weighted by Crippen LogP contribution is -2.53. The van der Waals surface area contributed by atoms with Gasteiger partial charge in [0.05, 0.1) is 19.5 Å². The van der Waals surface area contributed by atoms with Crippen LogP contribution in [-0.4, -0.2) is 63.4 Å². The highest BCUT2D eigenvalue weighted by molar-refractivity contribution is 5.87. The number of aliphatic hydroxyl groups is 1. The van der Waals surface area contributed by atoms with Crippen molar-refractivity contribution >= 4 is 17.8 Å². The van der Waals surface area contributed by atoms with Gasteiger partial charge in [0.2, 0.25) is 5.91 Å². The summed E-state index contributed by atoms with van der Waals surface area (Å²) in [7, 11) is 1.22. The number of aliphatic hydroxyl groups excluding tert-OH is 1. The maximum atomic E-state index is 12.4. The minimum absolute atomic E-state index is 0.0739. The summed E-state index contributed by atoms with van der Waals surface area (Å²) in [6, 6.07) is -1.68. The Morgan fingerprint density at radius 2 is 2.12 bits per heavy atom. The lowest BCUT2D eigenvalue weighted by Gasteiger charge is -2.23. The second kappa shape index (κ2) is 10.4. The normalized spacial score (nSPS) is 14.4. The molecule has 10 heteroatoms. The van der Waals surface area contributed by atoms with E-state index in [1.54, 1.807) is 6.20 Å². The Balaban J connectivity index is 2.66. The fraction of sp³-hybridized carbons (Fsp3) is 0.600. The van der Waals surface area contributed by atoms with Crippen LogP contribution >= 0.6 is 0 Å². The lowest BCUT2D eigenvalue weighted by molar-refractivity contribution is -0.144. The van der Waals surface area contributed by atoms with Crippen LogP contribution in [0.3, 0.4) is 0 Å². The lowest BCUT2D eigenvalue weighted by atomic mass is 10.1. The number of nitrogens with zero attached hydrogens (tertiary/aromatic N) is 1. The minimum Gasteiger partial charge on any atom is -0.481 e. The first-order chi connectivity index (χ1) is 11.8. The number of carboxylic acid groups (broad SMARTS) is 1. The monoisotopic (exact) mass is 356 g/mol. The van der Waals surface area contributed by atoms with Crippen molar-refractivity contribution < 1.29 is 29.3 Å². The van der Waals surface area contributed by atoms with E-state index in [1.807, 2.05) is 0 Å². The standard InChI is InChI=1S/C15H24N4O6/c1-9(15(24)25-2)18-14(23)11(6-10-7-16-8-17-10)19-12(20)4-3-5-13(21)22/h7-9,11-12,19-20H,3-6H2,1-2H3,(H,16,17)(H,18,23)(H,21,22). The molecule has 0 aliphatic carbocycles. The number of carboxylic acids is 1. The maximum Gasteiger partial charge on any atom is 0.328 e. The van der Waals surface area contributed by atoms with Gasteiger partial charge >= 0.3 is 11.9 Å². The second-order valence-electron chi connectivity index (χ2n) is 5.56. The quantitative estimate of drug-likeness (QED) is 0.254. The molecule has 0 saturated carbocycles. The number of carbonyl (C=O) groups excluding carboxylic acids is 2. The number of imidazole rings is 1. The van der Waals surface area contributed by atoms with Crippen LogP contribution < -0.4 is 10.6 Å². The average Bonchev–Trinajstić information content (AvgIpc) is 3.05. The number of rotatable bonds is 11. The number of amides is 1. The van der Waals surface area contributed by atoms with Gasteiger partial charge in [-0.1, -0.05) is 0 Å². The first kappa shape index (κ1) is 20.6. The summed E-state index contributed by atoms with van der Waals surface area (Å²) in [5.74, 6) is -2.04. The Bertz CT molecular complexity index is 562. The summed E-state index contributed by atoms with van der Waals surface area (Å²) in [5, 5.41) is 23.9. The van der Waals surface area contributed by atoms with Crippen LogP contribution in [0.15, 0.2) is 12.5 Å². The molecule has 140 valence electrons. The Kier molecular flexibility index (Phi) is 8.57. The molecule has 3 atom stereocenters. The molecular formula is C15H24N4O6. The first-order valence-corrected chi connectivity index (χ1v) is 7.84. The summed E-state index contributed by atoms with van der Waals surface area (Å²) in [4.78, 5) is 41.1. The molecule has 10 nitrogen and oxygen atoms in total. The number of ether oxygens (including phenoxy) is 1. The minimum atomic E-state index is -1.06. The van der Waals surface area contributed by atoms with Crippen LogP contribution in [0, 0.1) is 0 Å². The molecule has 5 N–H and O–H groups in total. The highest BCUT2D eigenvalue weighted by Gasteiger charge is 2.25. The molecule has 25 heavy (non-hydrogen) atoms. The third-order valence-corrected chi connectivity index (χ3v) is 3.47. The molecule has 1 rings (SSSR count). The number of H-pyrrole nitrogens is 1. The topological polar surface area (TPSA) is 154 Å². The number of methoxy groups -OCH3 is 1. The van der Waals surface area contributed by atoms with E-state index in [1.165, 1.54) is 20.4 Å². The fourth-order valence-corrected chi connectivity index (χ4v) is 2.16. The van der Waals surface area contributed by atoms with E-state index >= 15 is 0 Å². The number of aromatic amines is 1. The van der Waals surface area contributed by atoms with Crippen LogP contribution in [0.1, 0.15) is 31.9 Å². The average molecular weight is 356 g/mol. The number of aromatic nitrogens is 2. The van der Waals surface area contributed by atoms with Gasteiger partial charge in [-0.3, -0.25) is 14.9 Å². The van der Waals surface area contributed by atoms with Crippen molar-refractivity contribution in [1.29, 1.82) is 0 Å². The molecule has 0 fully saturated rings. The van der Waals surface area contributed by atoms with Gasteiger partial charge in [-0.2, -0.15) is 0 Å². The van der Waals surface area contributed by atoms with Crippen LogP contribution in [0.4, 0.5) is 0 Å². The van der Waals surface area contributed by atoms with Crippen LogP contribution in [-0.2, 0) is 25.5 Å². The Morgan fingerprint density at radius 3 is 2.68 bits per heavy atom. The van der Waals surface area contributed by atoms with E-state index in [4.69, 9.17) is 5.11 Å². The van der Waals surface area contributed by atoms with Crippen molar-refractivity contribution in [3.05, 3.63) is 18.2 Å². The van der Waals surface area contributed by atoms with Gasteiger partial charge in [0, 0.05) is 24.7 Å². The zero-order chi connectivity index (χ0) is 18.8. The molecule has 0 bridgehead atoms. The van der Waals surface area contributed by atoms with Gasteiger partial charge < -0.3 is 25.3 Å². The Hall–Kier alpha value is -2.46.